The molecule has 0 radical (unpaired) electrons. The second-order valence-corrected chi connectivity index (χ2v) is 5.62. The van der Waals surface area contributed by atoms with Crippen molar-refractivity contribution in [3.63, 3.8) is 0 Å². The SMILES string of the molecule is CCCC1CN(Cc2ccc(F)cc2F)C(CC)CN1. The number of benzene rings is 1. The molecule has 0 saturated carbocycles. The van der Waals surface area contributed by atoms with E-state index in [1.165, 1.54) is 6.07 Å². The Labute approximate surface area is 120 Å². The van der Waals surface area contributed by atoms with Gasteiger partial charge in [0, 0.05) is 43.3 Å². The molecule has 0 spiro atoms. The second-order valence-electron chi connectivity index (χ2n) is 5.62. The molecule has 2 atom stereocenters. The van der Waals surface area contributed by atoms with E-state index >= 15 is 0 Å². The Morgan fingerprint density at radius 3 is 2.75 bits per heavy atom. The summed E-state index contributed by atoms with van der Waals surface area (Å²) in [6.45, 7) is 6.78. The largest absolute Gasteiger partial charge is 0.311 e. The minimum atomic E-state index is -0.512. The summed E-state index contributed by atoms with van der Waals surface area (Å²) in [7, 11) is 0. The van der Waals surface area contributed by atoms with Crippen LogP contribution in [0.25, 0.3) is 0 Å². The second kappa shape index (κ2) is 7.14. The van der Waals surface area contributed by atoms with Crippen molar-refractivity contribution in [1.82, 2.24) is 10.2 Å². The number of nitrogens with one attached hydrogen (secondary N) is 1. The van der Waals surface area contributed by atoms with Gasteiger partial charge in [-0.3, -0.25) is 4.90 Å². The summed E-state index contributed by atoms with van der Waals surface area (Å²) in [5.74, 6) is -0.951. The lowest BCUT2D eigenvalue weighted by molar-refractivity contribution is 0.114. The molecule has 20 heavy (non-hydrogen) atoms. The van der Waals surface area contributed by atoms with Gasteiger partial charge in [0.15, 0.2) is 0 Å². The van der Waals surface area contributed by atoms with Gasteiger partial charge >= 0.3 is 0 Å². The summed E-state index contributed by atoms with van der Waals surface area (Å²) in [4.78, 5) is 2.33. The Balaban J connectivity index is 2.07. The van der Waals surface area contributed by atoms with Crippen molar-refractivity contribution in [2.24, 2.45) is 0 Å². The molecule has 4 heteroatoms. The third kappa shape index (κ3) is 3.76. The fourth-order valence-electron chi connectivity index (χ4n) is 2.94. The Morgan fingerprint density at radius 1 is 1.30 bits per heavy atom. The van der Waals surface area contributed by atoms with Gasteiger partial charge in [0.25, 0.3) is 0 Å². The average molecular weight is 282 g/mol. The average Bonchev–Trinajstić information content (AvgIpc) is 2.43. The van der Waals surface area contributed by atoms with Crippen LogP contribution in [0.1, 0.15) is 38.7 Å². The Morgan fingerprint density at radius 2 is 2.10 bits per heavy atom. The van der Waals surface area contributed by atoms with Crippen LogP contribution in [0.2, 0.25) is 0 Å². The first-order valence-corrected chi connectivity index (χ1v) is 7.55. The molecule has 1 heterocycles. The fourth-order valence-corrected chi connectivity index (χ4v) is 2.94. The highest BCUT2D eigenvalue weighted by Gasteiger charge is 2.26. The first-order chi connectivity index (χ1) is 9.63. The molecular formula is C16H24F2N2. The summed E-state index contributed by atoms with van der Waals surface area (Å²) in [6, 6.07) is 4.78. The standard InChI is InChI=1S/C16H24F2N2/c1-3-5-14-11-20(15(4-2)9-19-14)10-12-6-7-13(17)8-16(12)18/h6-8,14-15,19H,3-5,9-11H2,1-2H3. The van der Waals surface area contributed by atoms with E-state index in [-0.39, 0.29) is 0 Å². The van der Waals surface area contributed by atoms with E-state index in [1.54, 1.807) is 6.07 Å². The van der Waals surface area contributed by atoms with Gasteiger partial charge in [-0.05, 0) is 18.9 Å². The third-order valence-electron chi connectivity index (χ3n) is 4.11. The Kier molecular flexibility index (Phi) is 5.49. The molecule has 2 unspecified atom stereocenters. The van der Waals surface area contributed by atoms with E-state index in [9.17, 15) is 8.78 Å². The fraction of sp³-hybridized carbons (Fsp3) is 0.625. The summed E-state index contributed by atoms with van der Waals surface area (Å²) in [5.41, 5.74) is 0.585. The van der Waals surface area contributed by atoms with Crippen molar-refractivity contribution in [3.05, 3.63) is 35.4 Å². The van der Waals surface area contributed by atoms with Crippen LogP contribution in [0, 0.1) is 11.6 Å². The van der Waals surface area contributed by atoms with Gasteiger partial charge in [0.05, 0.1) is 0 Å². The van der Waals surface area contributed by atoms with Gasteiger partial charge in [-0.1, -0.05) is 26.3 Å². The lowest BCUT2D eigenvalue weighted by Crippen LogP contribution is -2.55. The molecular weight excluding hydrogens is 258 g/mol. The van der Waals surface area contributed by atoms with E-state index in [1.807, 2.05) is 0 Å². The maximum absolute atomic E-state index is 13.8. The monoisotopic (exact) mass is 282 g/mol. The predicted molar refractivity (Wildman–Crippen MR) is 77.5 cm³/mol. The number of hydrogen-bond donors (Lipinski definition) is 1. The van der Waals surface area contributed by atoms with Gasteiger partial charge in [0.2, 0.25) is 0 Å². The third-order valence-corrected chi connectivity index (χ3v) is 4.11. The van der Waals surface area contributed by atoms with Crippen molar-refractivity contribution in [3.8, 4) is 0 Å². The van der Waals surface area contributed by atoms with Crippen molar-refractivity contribution >= 4 is 0 Å². The lowest BCUT2D eigenvalue weighted by Gasteiger charge is -2.40. The number of rotatable bonds is 5. The van der Waals surface area contributed by atoms with Gasteiger partial charge < -0.3 is 5.32 Å². The van der Waals surface area contributed by atoms with Gasteiger partial charge in [0.1, 0.15) is 11.6 Å². The van der Waals surface area contributed by atoms with Crippen LogP contribution in [-0.4, -0.2) is 30.1 Å². The maximum atomic E-state index is 13.8. The van der Waals surface area contributed by atoms with Crippen LogP contribution < -0.4 is 5.32 Å². The topological polar surface area (TPSA) is 15.3 Å². The summed E-state index contributed by atoms with van der Waals surface area (Å²) >= 11 is 0. The van der Waals surface area contributed by atoms with Gasteiger partial charge in [-0.25, -0.2) is 8.78 Å². The maximum Gasteiger partial charge on any atom is 0.130 e. The van der Waals surface area contributed by atoms with Crippen LogP contribution in [0.15, 0.2) is 18.2 Å². The van der Waals surface area contributed by atoms with Crippen molar-refractivity contribution in [2.75, 3.05) is 13.1 Å². The van der Waals surface area contributed by atoms with Crippen molar-refractivity contribution in [1.29, 1.82) is 0 Å². The highest BCUT2D eigenvalue weighted by molar-refractivity contribution is 5.18. The number of nitrogens with zero attached hydrogens (tertiary/aromatic N) is 1. The molecule has 0 aromatic heterocycles. The van der Waals surface area contributed by atoms with E-state index in [0.29, 0.717) is 24.2 Å². The minimum absolute atomic E-state index is 0.424. The molecule has 112 valence electrons. The molecule has 0 bridgehead atoms. The molecule has 1 N–H and O–H groups in total. The van der Waals surface area contributed by atoms with E-state index < -0.39 is 11.6 Å². The zero-order chi connectivity index (χ0) is 14.5. The van der Waals surface area contributed by atoms with Crippen LogP contribution in [-0.2, 0) is 6.54 Å². The molecule has 0 aliphatic carbocycles. The molecule has 1 aliphatic rings. The smallest absolute Gasteiger partial charge is 0.130 e. The quantitative estimate of drug-likeness (QED) is 0.891. The summed E-state index contributed by atoms with van der Waals surface area (Å²) in [5, 5.41) is 3.57. The van der Waals surface area contributed by atoms with Crippen molar-refractivity contribution in [2.45, 2.75) is 51.7 Å². The molecule has 1 fully saturated rings. The molecule has 2 nitrogen and oxygen atoms in total. The minimum Gasteiger partial charge on any atom is -0.311 e. The van der Waals surface area contributed by atoms with E-state index in [4.69, 9.17) is 0 Å². The van der Waals surface area contributed by atoms with E-state index in [2.05, 4.69) is 24.1 Å². The van der Waals surface area contributed by atoms with Crippen LogP contribution >= 0.6 is 0 Å². The number of hydrogen-bond acceptors (Lipinski definition) is 2. The first-order valence-electron chi connectivity index (χ1n) is 7.55. The van der Waals surface area contributed by atoms with Crippen LogP contribution in [0.5, 0.6) is 0 Å². The molecule has 1 aliphatic heterocycles. The normalized spacial score (nSPS) is 24.0. The zero-order valence-electron chi connectivity index (χ0n) is 12.3. The van der Waals surface area contributed by atoms with Crippen molar-refractivity contribution < 1.29 is 8.78 Å². The number of piperazine rings is 1. The Hall–Kier alpha value is -1.00. The highest BCUT2D eigenvalue weighted by atomic mass is 19.1. The van der Waals surface area contributed by atoms with Crippen LogP contribution in [0.3, 0.4) is 0 Å². The molecule has 1 saturated heterocycles. The number of halogens is 2. The summed E-state index contributed by atoms with van der Waals surface area (Å²) < 4.78 is 26.8. The lowest BCUT2D eigenvalue weighted by atomic mass is 10.0. The van der Waals surface area contributed by atoms with E-state index in [0.717, 1.165) is 38.4 Å². The first kappa shape index (κ1) is 15.4. The van der Waals surface area contributed by atoms with Gasteiger partial charge in [-0.15, -0.1) is 0 Å². The van der Waals surface area contributed by atoms with Crippen LogP contribution in [0.4, 0.5) is 8.78 Å². The summed E-state index contributed by atoms with van der Waals surface area (Å²) in [6.07, 6.45) is 3.32. The Bertz CT molecular complexity index is 436. The molecule has 0 amide bonds. The zero-order valence-corrected chi connectivity index (χ0v) is 12.3. The van der Waals surface area contributed by atoms with Gasteiger partial charge in [-0.2, -0.15) is 0 Å². The predicted octanol–water partition coefficient (Wildman–Crippen LogP) is 3.32. The molecule has 1 aromatic rings. The molecule has 2 rings (SSSR count). The molecule has 1 aromatic carbocycles. The highest BCUT2D eigenvalue weighted by Crippen LogP contribution is 2.19.